The summed E-state index contributed by atoms with van der Waals surface area (Å²) in [7, 11) is 0. The Bertz CT molecular complexity index is 692. The zero-order valence-electron chi connectivity index (χ0n) is 10.8. The number of aromatic nitrogens is 2. The van der Waals surface area contributed by atoms with E-state index < -0.39 is 29.2 Å². The molecule has 112 valence electrons. The molecule has 0 aliphatic carbocycles. The van der Waals surface area contributed by atoms with E-state index >= 15 is 0 Å². The lowest BCUT2D eigenvalue weighted by Gasteiger charge is -2.14. The smallest absolute Gasteiger partial charge is 0.434 e. The van der Waals surface area contributed by atoms with Gasteiger partial charge in [0.05, 0.1) is 11.9 Å². The SMILES string of the molecule is CCc1c(F)cccc1-n1ncc(C(=O)O)c1C(F)(F)F. The van der Waals surface area contributed by atoms with Crippen LogP contribution in [0.25, 0.3) is 5.69 Å². The molecular formula is C13H10F4N2O2. The number of rotatable bonds is 3. The summed E-state index contributed by atoms with van der Waals surface area (Å²) in [5.74, 6) is -2.42. The highest BCUT2D eigenvalue weighted by atomic mass is 19.4. The summed E-state index contributed by atoms with van der Waals surface area (Å²) >= 11 is 0. The molecule has 0 spiro atoms. The van der Waals surface area contributed by atoms with Crippen molar-refractivity contribution in [3.8, 4) is 5.69 Å². The quantitative estimate of drug-likeness (QED) is 0.885. The molecule has 1 aromatic heterocycles. The summed E-state index contributed by atoms with van der Waals surface area (Å²) < 4.78 is 53.4. The lowest BCUT2D eigenvalue weighted by atomic mass is 10.1. The molecule has 0 atom stereocenters. The van der Waals surface area contributed by atoms with Crippen LogP contribution in [0.4, 0.5) is 17.6 Å². The number of nitrogens with zero attached hydrogens (tertiary/aromatic N) is 2. The van der Waals surface area contributed by atoms with Gasteiger partial charge in [0.25, 0.3) is 0 Å². The maximum absolute atomic E-state index is 13.7. The zero-order chi connectivity index (χ0) is 15.8. The maximum Gasteiger partial charge on any atom is 0.434 e. The van der Waals surface area contributed by atoms with Gasteiger partial charge in [0.1, 0.15) is 11.4 Å². The number of hydrogen-bond donors (Lipinski definition) is 1. The van der Waals surface area contributed by atoms with E-state index in [4.69, 9.17) is 5.11 Å². The van der Waals surface area contributed by atoms with Crippen LogP contribution in [0.2, 0.25) is 0 Å². The van der Waals surface area contributed by atoms with Crippen LogP contribution in [-0.2, 0) is 12.6 Å². The van der Waals surface area contributed by atoms with Crippen molar-refractivity contribution in [2.75, 3.05) is 0 Å². The number of alkyl halides is 3. The Hall–Kier alpha value is -2.38. The first kappa shape index (κ1) is 15.0. The lowest BCUT2D eigenvalue weighted by molar-refractivity contribution is -0.143. The minimum absolute atomic E-state index is 0.0306. The largest absolute Gasteiger partial charge is 0.478 e. The molecule has 0 amide bonds. The zero-order valence-corrected chi connectivity index (χ0v) is 10.8. The standard InChI is InChI=1S/C13H10F4N2O2/c1-2-7-9(14)4-3-5-10(7)19-11(13(15,16)17)8(6-18-19)12(20)21/h3-6H,2H2,1H3,(H,20,21). The monoisotopic (exact) mass is 302 g/mol. The molecule has 0 bridgehead atoms. The van der Waals surface area contributed by atoms with Crippen molar-refractivity contribution in [2.45, 2.75) is 19.5 Å². The summed E-state index contributed by atoms with van der Waals surface area (Å²) in [6, 6.07) is 3.62. The molecule has 8 heteroatoms. The summed E-state index contributed by atoms with van der Waals surface area (Å²) in [5, 5.41) is 12.3. The highest BCUT2D eigenvalue weighted by Crippen LogP contribution is 2.34. The number of benzene rings is 1. The van der Waals surface area contributed by atoms with Crippen LogP contribution in [0, 0.1) is 5.82 Å². The van der Waals surface area contributed by atoms with E-state index in [1.54, 1.807) is 6.92 Å². The Labute approximate surface area is 116 Å². The van der Waals surface area contributed by atoms with E-state index in [9.17, 15) is 22.4 Å². The molecule has 0 aliphatic heterocycles. The summed E-state index contributed by atoms with van der Waals surface area (Å²) in [5.41, 5.74) is -2.51. The van der Waals surface area contributed by atoms with Crippen molar-refractivity contribution in [3.63, 3.8) is 0 Å². The van der Waals surface area contributed by atoms with Crippen LogP contribution in [0.15, 0.2) is 24.4 Å². The van der Waals surface area contributed by atoms with Crippen molar-refractivity contribution < 1.29 is 27.5 Å². The Kier molecular flexibility index (Phi) is 3.71. The first-order chi connectivity index (χ1) is 9.77. The van der Waals surface area contributed by atoms with E-state index in [-0.39, 0.29) is 17.7 Å². The van der Waals surface area contributed by atoms with E-state index in [0.29, 0.717) is 10.9 Å². The normalized spacial score (nSPS) is 11.7. The van der Waals surface area contributed by atoms with Crippen molar-refractivity contribution >= 4 is 5.97 Å². The fourth-order valence-corrected chi connectivity index (χ4v) is 2.06. The van der Waals surface area contributed by atoms with Gasteiger partial charge < -0.3 is 5.11 Å². The molecule has 1 N–H and O–H groups in total. The molecule has 0 radical (unpaired) electrons. The Morgan fingerprint density at radius 1 is 1.38 bits per heavy atom. The molecule has 4 nitrogen and oxygen atoms in total. The van der Waals surface area contributed by atoms with Gasteiger partial charge in [-0.3, -0.25) is 0 Å². The van der Waals surface area contributed by atoms with E-state index in [1.807, 2.05) is 0 Å². The third-order valence-electron chi connectivity index (χ3n) is 2.94. The second kappa shape index (κ2) is 5.19. The van der Waals surface area contributed by atoms with Crippen LogP contribution in [-0.4, -0.2) is 20.9 Å². The highest BCUT2D eigenvalue weighted by Gasteiger charge is 2.41. The van der Waals surface area contributed by atoms with Crippen LogP contribution < -0.4 is 0 Å². The van der Waals surface area contributed by atoms with Crippen LogP contribution in [0.3, 0.4) is 0 Å². The van der Waals surface area contributed by atoms with Gasteiger partial charge in [-0.25, -0.2) is 13.9 Å². The average molecular weight is 302 g/mol. The minimum Gasteiger partial charge on any atom is -0.478 e. The van der Waals surface area contributed by atoms with Gasteiger partial charge in [-0.15, -0.1) is 0 Å². The number of carboxylic acid groups (broad SMARTS) is 1. The van der Waals surface area contributed by atoms with Crippen LogP contribution in [0.1, 0.15) is 28.5 Å². The van der Waals surface area contributed by atoms with Crippen molar-refractivity contribution in [1.82, 2.24) is 9.78 Å². The van der Waals surface area contributed by atoms with Gasteiger partial charge in [-0.1, -0.05) is 13.0 Å². The second-order valence-electron chi connectivity index (χ2n) is 4.21. The third kappa shape index (κ3) is 2.61. The van der Waals surface area contributed by atoms with Crippen LogP contribution >= 0.6 is 0 Å². The van der Waals surface area contributed by atoms with Gasteiger partial charge in [0.15, 0.2) is 5.69 Å². The summed E-state index contributed by atoms with van der Waals surface area (Å²) in [4.78, 5) is 10.9. The number of hydrogen-bond acceptors (Lipinski definition) is 2. The predicted molar refractivity (Wildman–Crippen MR) is 64.9 cm³/mol. The highest BCUT2D eigenvalue weighted by molar-refractivity contribution is 5.89. The average Bonchev–Trinajstić information content (AvgIpc) is 2.82. The third-order valence-corrected chi connectivity index (χ3v) is 2.94. The van der Waals surface area contributed by atoms with E-state index in [1.165, 1.54) is 12.1 Å². The van der Waals surface area contributed by atoms with Crippen molar-refractivity contribution in [2.24, 2.45) is 0 Å². The minimum atomic E-state index is -4.93. The van der Waals surface area contributed by atoms with Gasteiger partial charge in [0, 0.05) is 5.56 Å². The number of carboxylic acids is 1. The maximum atomic E-state index is 13.7. The topological polar surface area (TPSA) is 55.1 Å². The fourth-order valence-electron chi connectivity index (χ4n) is 2.06. The summed E-state index contributed by atoms with van der Waals surface area (Å²) in [6.07, 6.45) is -4.18. The Morgan fingerprint density at radius 3 is 2.57 bits per heavy atom. The Morgan fingerprint density at radius 2 is 2.05 bits per heavy atom. The molecule has 2 rings (SSSR count). The summed E-state index contributed by atoms with van der Waals surface area (Å²) in [6.45, 7) is 1.58. The van der Waals surface area contributed by atoms with Gasteiger partial charge in [0.2, 0.25) is 0 Å². The van der Waals surface area contributed by atoms with Gasteiger partial charge in [-0.05, 0) is 18.6 Å². The molecule has 0 saturated heterocycles. The molecular weight excluding hydrogens is 292 g/mol. The number of carbonyl (C=O) groups is 1. The first-order valence-electron chi connectivity index (χ1n) is 5.93. The van der Waals surface area contributed by atoms with E-state index in [2.05, 4.69) is 5.10 Å². The molecule has 1 aromatic carbocycles. The van der Waals surface area contributed by atoms with Crippen molar-refractivity contribution in [3.05, 3.63) is 47.0 Å². The number of aromatic carboxylic acids is 1. The van der Waals surface area contributed by atoms with Gasteiger partial charge >= 0.3 is 12.1 Å². The molecule has 0 aliphatic rings. The second-order valence-corrected chi connectivity index (χ2v) is 4.21. The van der Waals surface area contributed by atoms with E-state index in [0.717, 1.165) is 6.07 Å². The predicted octanol–water partition coefficient (Wildman–Crippen LogP) is 3.29. The molecule has 0 fully saturated rings. The fraction of sp³-hybridized carbons (Fsp3) is 0.231. The molecule has 0 unspecified atom stereocenters. The lowest BCUT2D eigenvalue weighted by Crippen LogP contribution is -2.18. The van der Waals surface area contributed by atoms with Crippen LogP contribution in [0.5, 0.6) is 0 Å². The molecule has 21 heavy (non-hydrogen) atoms. The number of halogens is 4. The molecule has 1 heterocycles. The van der Waals surface area contributed by atoms with Crippen molar-refractivity contribution in [1.29, 1.82) is 0 Å². The molecule has 0 saturated carbocycles. The molecule has 2 aromatic rings. The Balaban J connectivity index is 2.77. The van der Waals surface area contributed by atoms with Gasteiger partial charge in [-0.2, -0.15) is 18.3 Å². The first-order valence-corrected chi connectivity index (χ1v) is 5.93.